The third-order valence-electron chi connectivity index (χ3n) is 2.98. The lowest BCUT2D eigenvalue weighted by Gasteiger charge is -2.14. The largest absolute Gasteiger partial charge is 0.490 e. The first-order valence-electron chi connectivity index (χ1n) is 6.01. The number of furan rings is 1. The lowest BCUT2D eigenvalue weighted by atomic mass is 10.1. The maximum absolute atomic E-state index is 5.72. The third-order valence-corrected chi connectivity index (χ3v) is 4.68. The summed E-state index contributed by atoms with van der Waals surface area (Å²) in [5, 5.41) is 0. The SMILES string of the molecule is Brc1cc2c(cc1C(Br)c1ccoc1)OCCCO2. The Bertz CT molecular complexity index is 566. The zero-order valence-electron chi connectivity index (χ0n) is 10.1. The van der Waals surface area contributed by atoms with E-state index in [1.807, 2.05) is 18.2 Å². The second kappa shape index (κ2) is 5.59. The maximum atomic E-state index is 5.72. The zero-order chi connectivity index (χ0) is 13.2. The van der Waals surface area contributed by atoms with Crippen LogP contribution in [0.3, 0.4) is 0 Å². The van der Waals surface area contributed by atoms with Gasteiger partial charge in [-0.1, -0.05) is 31.9 Å². The van der Waals surface area contributed by atoms with Gasteiger partial charge >= 0.3 is 0 Å². The predicted molar refractivity (Wildman–Crippen MR) is 79.2 cm³/mol. The lowest BCUT2D eigenvalue weighted by molar-refractivity contribution is 0.297. The van der Waals surface area contributed by atoms with Gasteiger partial charge in [-0.2, -0.15) is 0 Å². The standard InChI is InChI=1S/C14H12Br2O3/c15-11-7-13-12(18-3-1-4-19-13)6-10(11)14(16)9-2-5-17-8-9/h2,5-8,14H,1,3-4H2. The predicted octanol–water partition coefficient (Wildman–Crippen LogP) is 4.69. The maximum Gasteiger partial charge on any atom is 0.162 e. The van der Waals surface area contributed by atoms with Crippen LogP contribution in [0.5, 0.6) is 11.5 Å². The number of hydrogen-bond acceptors (Lipinski definition) is 3. The smallest absolute Gasteiger partial charge is 0.162 e. The first-order valence-corrected chi connectivity index (χ1v) is 7.72. The highest BCUT2D eigenvalue weighted by atomic mass is 79.9. The summed E-state index contributed by atoms with van der Waals surface area (Å²) < 4.78 is 17.5. The van der Waals surface area contributed by atoms with Crippen LogP contribution in [0, 0.1) is 0 Å². The molecule has 0 N–H and O–H groups in total. The van der Waals surface area contributed by atoms with Gasteiger partial charge in [-0.25, -0.2) is 0 Å². The molecular weight excluding hydrogens is 376 g/mol. The normalized spacial score (nSPS) is 15.9. The van der Waals surface area contributed by atoms with E-state index in [1.165, 1.54) is 0 Å². The number of hydrogen-bond donors (Lipinski definition) is 0. The van der Waals surface area contributed by atoms with Crippen LogP contribution in [0.15, 0.2) is 39.6 Å². The van der Waals surface area contributed by atoms with Gasteiger partial charge in [0, 0.05) is 16.5 Å². The van der Waals surface area contributed by atoms with Gasteiger partial charge in [0.25, 0.3) is 0 Å². The van der Waals surface area contributed by atoms with Crippen LogP contribution in [-0.4, -0.2) is 13.2 Å². The minimum Gasteiger partial charge on any atom is -0.490 e. The summed E-state index contributed by atoms with van der Waals surface area (Å²) in [7, 11) is 0. The average Bonchev–Trinajstić information content (AvgIpc) is 2.84. The van der Waals surface area contributed by atoms with Crippen LogP contribution in [-0.2, 0) is 0 Å². The molecule has 1 aromatic carbocycles. The van der Waals surface area contributed by atoms with Crippen molar-refractivity contribution in [2.45, 2.75) is 11.2 Å². The van der Waals surface area contributed by atoms with Crippen LogP contribution in [0.1, 0.15) is 22.4 Å². The summed E-state index contributed by atoms with van der Waals surface area (Å²) in [4.78, 5) is 0.0535. The van der Waals surface area contributed by atoms with Crippen molar-refractivity contribution in [3.05, 3.63) is 46.3 Å². The fourth-order valence-corrected chi connectivity index (χ4v) is 3.49. The highest BCUT2D eigenvalue weighted by Gasteiger charge is 2.20. The summed E-state index contributed by atoms with van der Waals surface area (Å²) >= 11 is 7.28. The molecule has 1 aliphatic heterocycles. The third kappa shape index (κ3) is 2.67. The molecule has 0 aliphatic carbocycles. The first-order chi connectivity index (χ1) is 9.25. The van der Waals surface area contributed by atoms with E-state index in [0.717, 1.165) is 33.5 Å². The number of halogens is 2. The van der Waals surface area contributed by atoms with E-state index in [4.69, 9.17) is 13.9 Å². The quantitative estimate of drug-likeness (QED) is 0.700. The summed E-state index contributed by atoms with van der Waals surface area (Å²) in [6.45, 7) is 1.38. The van der Waals surface area contributed by atoms with Gasteiger partial charge in [0.2, 0.25) is 0 Å². The Morgan fingerprint density at radius 2 is 1.84 bits per heavy atom. The van der Waals surface area contributed by atoms with E-state index in [2.05, 4.69) is 31.9 Å². The summed E-state index contributed by atoms with van der Waals surface area (Å²) in [6.07, 6.45) is 4.30. The van der Waals surface area contributed by atoms with Crippen molar-refractivity contribution >= 4 is 31.9 Å². The van der Waals surface area contributed by atoms with Crippen molar-refractivity contribution in [3.63, 3.8) is 0 Å². The molecule has 1 aromatic heterocycles. The van der Waals surface area contributed by atoms with E-state index >= 15 is 0 Å². The molecule has 5 heteroatoms. The van der Waals surface area contributed by atoms with Crippen molar-refractivity contribution in [1.29, 1.82) is 0 Å². The molecule has 3 rings (SSSR count). The second-order valence-electron chi connectivity index (χ2n) is 4.29. The minimum atomic E-state index is 0.0535. The van der Waals surface area contributed by atoms with Crippen molar-refractivity contribution < 1.29 is 13.9 Å². The average molecular weight is 388 g/mol. The van der Waals surface area contributed by atoms with Gasteiger partial charge in [-0.05, 0) is 23.8 Å². The lowest BCUT2D eigenvalue weighted by Crippen LogP contribution is -1.97. The Morgan fingerprint density at radius 3 is 2.53 bits per heavy atom. The molecule has 0 radical (unpaired) electrons. The molecule has 0 saturated heterocycles. The molecule has 0 bridgehead atoms. The molecular formula is C14H12Br2O3. The van der Waals surface area contributed by atoms with Crippen LogP contribution < -0.4 is 9.47 Å². The minimum absolute atomic E-state index is 0.0535. The van der Waals surface area contributed by atoms with Gasteiger partial charge in [-0.3, -0.25) is 0 Å². The number of fused-ring (bicyclic) bond motifs is 1. The highest BCUT2D eigenvalue weighted by Crippen LogP contribution is 2.42. The molecule has 0 fully saturated rings. The topological polar surface area (TPSA) is 31.6 Å². The molecule has 0 spiro atoms. The van der Waals surface area contributed by atoms with E-state index in [9.17, 15) is 0 Å². The monoisotopic (exact) mass is 386 g/mol. The molecule has 0 amide bonds. The molecule has 1 atom stereocenters. The molecule has 2 heterocycles. The molecule has 19 heavy (non-hydrogen) atoms. The van der Waals surface area contributed by atoms with E-state index in [1.54, 1.807) is 12.5 Å². The van der Waals surface area contributed by atoms with E-state index < -0.39 is 0 Å². The molecule has 2 aromatic rings. The van der Waals surface area contributed by atoms with Crippen molar-refractivity contribution in [2.24, 2.45) is 0 Å². The van der Waals surface area contributed by atoms with Gasteiger partial charge in [0.15, 0.2) is 11.5 Å². The van der Waals surface area contributed by atoms with E-state index in [-0.39, 0.29) is 4.83 Å². The Morgan fingerprint density at radius 1 is 1.11 bits per heavy atom. The van der Waals surface area contributed by atoms with Crippen molar-refractivity contribution in [3.8, 4) is 11.5 Å². The fourth-order valence-electron chi connectivity index (χ4n) is 1.99. The van der Waals surface area contributed by atoms with Crippen molar-refractivity contribution in [1.82, 2.24) is 0 Å². The first kappa shape index (κ1) is 13.1. The molecule has 1 unspecified atom stereocenters. The molecule has 100 valence electrons. The van der Waals surface area contributed by atoms with Gasteiger partial charge in [0.1, 0.15) is 0 Å². The second-order valence-corrected chi connectivity index (χ2v) is 6.06. The fraction of sp³-hybridized carbons (Fsp3) is 0.286. The van der Waals surface area contributed by atoms with Crippen LogP contribution in [0.2, 0.25) is 0 Å². The number of alkyl halides is 1. The van der Waals surface area contributed by atoms with Gasteiger partial charge < -0.3 is 13.9 Å². The molecule has 1 aliphatic rings. The number of benzene rings is 1. The molecule has 3 nitrogen and oxygen atoms in total. The highest BCUT2D eigenvalue weighted by molar-refractivity contribution is 9.11. The summed E-state index contributed by atoms with van der Waals surface area (Å²) in [6, 6.07) is 5.91. The molecule has 0 saturated carbocycles. The van der Waals surface area contributed by atoms with Crippen LogP contribution in [0.4, 0.5) is 0 Å². The summed E-state index contributed by atoms with van der Waals surface area (Å²) in [5.41, 5.74) is 2.15. The number of rotatable bonds is 2. The Kier molecular flexibility index (Phi) is 3.84. The Labute approximate surface area is 128 Å². The van der Waals surface area contributed by atoms with E-state index in [0.29, 0.717) is 13.2 Å². The van der Waals surface area contributed by atoms with Crippen LogP contribution in [0.25, 0.3) is 0 Å². The summed E-state index contributed by atoms with van der Waals surface area (Å²) in [5.74, 6) is 1.59. The Balaban J connectivity index is 2.00. The zero-order valence-corrected chi connectivity index (χ0v) is 13.2. The van der Waals surface area contributed by atoms with Crippen molar-refractivity contribution in [2.75, 3.05) is 13.2 Å². The number of ether oxygens (including phenoxy) is 2. The van der Waals surface area contributed by atoms with Crippen LogP contribution >= 0.6 is 31.9 Å². The van der Waals surface area contributed by atoms with Gasteiger partial charge in [-0.15, -0.1) is 0 Å². The Hall–Kier alpha value is -0.940. The van der Waals surface area contributed by atoms with Gasteiger partial charge in [0.05, 0.1) is 30.6 Å².